The lowest BCUT2D eigenvalue weighted by atomic mass is 9.76. The summed E-state index contributed by atoms with van der Waals surface area (Å²) in [6, 6.07) is 16.5. The SMILES string of the molecule is Fc1ccc(C2CC(Nc3nc(NC4CC(c5ccc(F)cc5)C4)nc(-c4cccc(C(F)(F)F)n4)n3)C2)cc1.S.S. The van der Waals surface area contributed by atoms with Crippen LogP contribution in [0.3, 0.4) is 0 Å². The first kappa shape index (κ1) is 31.5. The van der Waals surface area contributed by atoms with E-state index in [1.54, 1.807) is 24.3 Å². The van der Waals surface area contributed by atoms with E-state index in [1.165, 1.54) is 36.4 Å². The van der Waals surface area contributed by atoms with Gasteiger partial charge in [-0.3, -0.25) is 0 Å². The van der Waals surface area contributed by atoms with Crippen LogP contribution in [0.25, 0.3) is 11.5 Å². The lowest BCUT2D eigenvalue weighted by Gasteiger charge is -2.37. The van der Waals surface area contributed by atoms with Gasteiger partial charge in [-0.05, 0) is 85.0 Å². The van der Waals surface area contributed by atoms with Gasteiger partial charge in [0.15, 0.2) is 5.82 Å². The molecule has 0 aliphatic heterocycles. The van der Waals surface area contributed by atoms with Crippen molar-refractivity contribution >= 4 is 38.9 Å². The van der Waals surface area contributed by atoms with E-state index in [0.717, 1.165) is 42.9 Å². The van der Waals surface area contributed by atoms with E-state index >= 15 is 0 Å². The van der Waals surface area contributed by atoms with Gasteiger partial charge in [0.25, 0.3) is 0 Å². The number of rotatable bonds is 7. The molecule has 2 N–H and O–H groups in total. The molecule has 6 rings (SSSR count). The number of nitrogens with zero attached hydrogens (tertiary/aromatic N) is 4. The number of anilines is 2. The summed E-state index contributed by atoms with van der Waals surface area (Å²) in [4.78, 5) is 17.0. The van der Waals surface area contributed by atoms with E-state index in [9.17, 15) is 22.0 Å². The predicted molar refractivity (Wildman–Crippen MR) is 160 cm³/mol. The monoisotopic (exact) mass is 620 g/mol. The van der Waals surface area contributed by atoms with Crippen LogP contribution in [0.5, 0.6) is 0 Å². The molecule has 0 saturated heterocycles. The van der Waals surface area contributed by atoms with Gasteiger partial charge in [-0.2, -0.15) is 55.1 Å². The van der Waals surface area contributed by atoms with Crippen molar-refractivity contribution in [2.24, 2.45) is 0 Å². The molecule has 0 amide bonds. The molecule has 0 atom stereocenters. The van der Waals surface area contributed by atoms with Crippen LogP contribution >= 0.6 is 27.0 Å². The minimum absolute atomic E-state index is 0. The number of aromatic nitrogens is 4. The average molecular weight is 621 g/mol. The number of benzene rings is 2. The molecular weight excluding hydrogens is 591 g/mol. The summed E-state index contributed by atoms with van der Waals surface area (Å²) in [7, 11) is 0. The lowest BCUT2D eigenvalue weighted by molar-refractivity contribution is -0.141. The van der Waals surface area contributed by atoms with Crippen LogP contribution in [-0.2, 0) is 6.18 Å². The number of alkyl halides is 3. The van der Waals surface area contributed by atoms with Gasteiger partial charge in [-0.1, -0.05) is 30.3 Å². The maximum absolute atomic E-state index is 13.3. The van der Waals surface area contributed by atoms with Crippen molar-refractivity contribution in [3.63, 3.8) is 0 Å². The van der Waals surface area contributed by atoms with Gasteiger partial charge in [0.1, 0.15) is 23.0 Å². The standard InChI is InChI=1S/C29H25F5N6.2H2S/c30-20-8-4-16(5-9-20)18-12-22(13-18)35-27-38-26(24-2-1-3-25(37-24)29(32,33)34)39-28(40-27)36-23-14-19(15-23)17-6-10-21(31)11-7-17;;/h1-11,18-19,22-23H,12-15H2,(H2,35,36,38,39,40);2*1H2. The zero-order valence-electron chi connectivity index (χ0n) is 22.2. The third kappa shape index (κ3) is 7.12. The highest BCUT2D eigenvalue weighted by Crippen LogP contribution is 2.40. The molecule has 13 heteroatoms. The first-order valence-corrected chi connectivity index (χ1v) is 13.0. The Morgan fingerprint density at radius 3 is 1.48 bits per heavy atom. The third-order valence-corrected chi connectivity index (χ3v) is 7.53. The Hall–Kier alpha value is -3.45. The highest BCUT2D eigenvalue weighted by molar-refractivity contribution is 7.59. The zero-order valence-corrected chi connectivity index (χ0v) is 24.2. The zero-order chi connectivity index (χ0) is 27.9. The van der Waals surface area contributed by atoms with Gasteiger partial charge >= 0.3 is 6.18 Å². The molecule has 2 saturated carbocycles. The van der Waals surface area contributed by atoms with Crippen molar-refractivity contribution in [1.29, 1.82) is 0 Å². The Kier molecular flexibility index (Phi) is 9.61. The van der Waals surface area contributed by atoms with Crippen molar-refractivity contribution in [2.45, 2.75) is 55.8 Å². The van der Waals surface area contributed by atoms with E-state index in [2.05, 4.69) is 30.6 Å². The van der Waals surface area contributed by atoms with Gasteiger partial charge in [-0.15, -0.1) is 0 Å². The molecule has 2 aromatic carbocycles. The van der Waals surface area contributed by atoms with E-state index in [0.29, 0.717) is 0 Å². The highest BCUT2D eigenvalue weighted by atomic mass is 32.1. The van der Waals surface area contributed by atoms with Crippen molar-refractivity contribution < 1.29 is 22.0 Å². The molecule has 2 aliphatic carbocycles. The summed E-state index contributed by atoms with van der Waals surface area (Å²) in [5, 5.41) is 6.54. The number of pyridine rings is 1. The molecule has 42 heavy (non-hydrogen) atoms. The number of halogens is 5. The second-order valence-electron chi connectivity index (χ2n) is 10.3. The molecule has 4 aromatic rings. The molecule has 222 valence electrons. The van der Waals surface area contributed by atoms with Crippen LogP contribution in [0, 0.1) is 11.6 Å². The molecule has 2 aromatic heterocycles. The minimum atomic E-state index is -4.60. The van der Waals surface area contributed by atoms with E-state index < -0.39 is 11.9 Å². The third-order valence-electron chi connectivity index (χ3n) is 7.53. The second-order valence-corrected chi connectivity index (χ2v) is 10.3. The summed E-state index contributed by atoms with van der Waals surface area (Å²) in [5.74, 6) is 0.464. The van der Waals surface area contributed by atoms with Gasteiger partial charge in [0.05, 0.1) is 0 Å². The van der Waals surface area contributed by atoms with Gasteiger partial charge in [-0.25, -0.2) is 13.8 Å². The lowest BCUT2D eigenvalue weighted by Crippen LogP contribution is -2.36. The topological polar surface area (TPSA) is 75.6 Å². The second kappa shape index (κ2) is 12.8. The molecule has 0 unspecified atom stereocenters. The fourth-order valence-electron chi connectivity index (χ4n) is 5.19. The number of hydrogen-bond acceptors (Lipinski definition) is 6. The largest absolute Gasteiger partial charge is 0.433 e. The fourth-order valence-corrected chi connectivity index (χ4v) is 5.19. The fraction of sp³-hybridized carbons (Fsp3) is 0.310. The molecular formula is C29H29F5N6S2. The summed E-state index contributed by atoms with van der Waals surface area (Å²) < 4.78 is 66.5. The Bertz CT molecular complexity index is 1410. The van der Waals surface area contributed by atoms with Crippen LogP contribution in [0.15, 0.2) is 66.7 Å². The van der Waals surface area contributed by atoms with E-state index in [4.69, 9.17) is 0 Å². The summed E-state index contributed by atoms with van der Waals surface area (Å²) in [5.41, 5.74) is 1.05. The van der Waals surface area contributed by atoms with Crippen molar-refractivity contribution in [1.82, 2.24) is 19.9 Å². The Labute approximate surface area is 253 Å². The van der Waals surface area contributed by atoms with Crippen molar-refractivity contribution in [3.05, 3.63) is 95.2 Å². The number of nitrogens with one attached hydrogen (secondary N) is 2. The maximum atomic E-state index is 13.3. The van der Waals surface area contributed by atoms with Crippen molar-refractivity contribution in [3.8, 4) is 11.5 Å². The quantitative estimate of drug-likeness (QED) is 0.214. The van der Waals surface area contributed by atoms with Crippen LogP contribution in [0.2, 0.25) is 0 Å². The van der Waals surface area contributed by atoms with Crippen molar-refractivity contribution in [2.75, 3.05) is 10.6 Å². The van der Waals surface area contributed by atoms with Crippen LogP contribution in [-0.4, -0.2) is 32.0 Å². The smallest absolute Gasteiger partial charge is 0.351 e. The molecule has 0 spiro atoms. The number of hydrogen-bond donors (Lipinski definition) is 2. The molecule has 6 nitrogen and oxygen atoms in total. The van der Waals surface area contributed by atoms with E-state index in [-0.39, 0.29) is 86.0 Å². The van der Waals surface area contributed by atoms with Gasteiger partial charge in [0.2, 0.25) is 11.9 Å². The molecule has 2 aliphatic rings. The maximum Gasteiger partial charge on any atom is 0.433 e. The Balaban J connectivity index is 0.00000202. The van der Waals surface area contributed by atoms with Crippen LogP contribution in [0.4, 0.5) is 33.8 Å². The minimum Gasteiger partial charge on any atom is -0.351 e. The van der Waals surface area contributed by atoms with Crippen LogP contribution in [0.1, 0.15) is 54.3 Å². The Morgan fingerprint density at radius 1 is 0.595 bits per heavy atom. The highest BCUT2D eigenvalue weighted by Gasteiger charge is 2.34. The van der Waals surface area contributed by atoms with E-state index in [1.807, 2.05) is 0 Å². The van der Waals surface area contributed by atoms with Gasteiger partial charge in [0, 0.05) is 12.1 Å². The summed E-state index contributed by atoms with van der Waals surface area (Å²) in [6.07, 6.45) is -1.50. The Morgan fingerprint density at radius 2 is 1.05 bits per heavy atom. The average Bonchev–Trinajstić information content (AvgIpc) is 2.89. The molecule has 0 radical (unpaired) electrons. The van der Waals surface area contributed by atoms with Gasteiger partial charge < -0.3 is 10.6 Å². The first-order valence-electron chi connectivity index (χ1n) is 13.0. The summed E-state index contributed by atoms with van der Waals surface area (Å²) in [6.45, 7) is 0. The summed E-state index contributed by atoms with van der Waals surface area (Å²) >= 11 is 0. The molecule has 2 fully saturated rings. The first-order chi connectivity index (χ1) is 19.2. The normalized spacial score (nSPS) is 21.2. The molecule has 0 bridgehead atoms. The predicted octanol–water partition coefficient (Wildman–Crippen LogP) is 7.17. The molecule has 2 heterocycles. The van der Waals surface area contributed by atoms with Crippen LogP contribution < -0.4 is 10.6 Å².